The molecular formula is C18H18ClN3O3S. The van der Waals surface area contributed by atoms with Crippen molar-refractivity contribution in [3.8, 4) is 5.75 Å². The third kappa shape index (κ3) is 6.70. The van der Waals surface area contributed by atoms with E-state index in [1.807, 2.05) is 25.1 Å². The highest BCUT2D eigenvalue weighted by Crippen LogP contribution is 2.15. The molecule has 136 valence electrons. The molecule has 2 aromatic carbocycles. The standard InChI is InChI=1S/C18H18ClN3O3S/c1-12-4-2-3-5-15(12)25-11-17(24)21-22-18(26)20-16(23)10-13-6-8-14(19)9-7-13/h2-9H,10-11H2,1H3,(H,21,24)(H2,20,22,23,26). The van der Waals surface area contributed by atoms with Crippen LogP contribution in [0.15, 0.2) is 48.5 Å². The van der Waals surface area contributed by atoms with Crippen LogP contribution in [-0.4, -0.2) is 23.5 Å². The molecule has 0 aliphatic heterocycles. The maximum Gasteiger partial charge on any atom is 0.276 e. The van der Waals surface area contributed by atoms with Crippen molar-refractivity contribution < 1.29 is 14.3 Å². The van der Waals surface area contributed by atoms with Gasteiger partial charge in [-0.05, 0) is 48.5 Å². The average molecular weight is 392 g/mol. The second-order valence-corrected chi connectivity index (χ2v) is 6.25. The quantitative estimate of drug-likeness (QED) is 0.538. The number of benzene rings is 2. The molecular weight excluding hydrogens is 374 g/mol. The Bertz CT molecular complexity index is 797. The fourth-order valence-electron chi connectivity index (χ4n) is 2.01. The Morgan fingerprint density at radius 2 is 1.73 bits per heavy atom. The highest BCUT2D eigenvalue weighted by Gasteiger charge is 2.08. The molecule has 2 amide bonds. The van der Waals surface area contributed by atoms with Gasteiger partial charge in [0.2, 0.25) is 5.91 Å². The molecule has 0 saturated heterocycles. The van der Waals surface area contributed by atoms with Gasteiger partial charge >= 0.3 is 0 Å². The third-order valence-electron chi connectivity index (χ3n) is 3.30. The van der Waals surface area contributed by atoms with Crippen molar-refractivity contribution in [3.63, 3.8) is 0 Å². The van der Waals surface area contributed by atoms with Crippen LogP contribution in [0.1, 0.15) is 11.1 Å². The van der Waals surface area contributed by atoms with Gasteiger partial charge in [0, 0.05) is 5.02 Å². The molecule has 6 nitrogen and oxygen atoms in total. The van der Waals surface area contributed by atoms with Gasteiger partial charge < -0.3 is 10.1 Å². The predicted octanol–water partition coefficient (Wildman–Crippen LogP) is 2.29. The van der Waals surface area contributed by atoms with E-state index in [4.69, 9.17) is 28.6 Å². The number of halogens is 1. The summed E-state index contributed by atoms with van der Waals surface area (Å²) in [5.41, 5.74) is 6.55. The van der Waals surface area contributed by atoms with Crippen LogP contribution >= 0.6 is 23.8 Å². The van der Waals surface area contributed by atoms with E-state index in [2.05, 4.69) is 16.2 Å². The molecule has 8 heteroatoms. The van der Waals surface area contributed by atoms with Gasteiger partial charge in [0.15, 0.2) is 11.7 Å². The first kappa shape index (κ1) is 19.7. The zero-order valence-corrected chi connectivity index (χ0v) is 15.6. The number of carbonyl (C=O) groups excluding carboxylic acids is 2. The number of aryl methyl sites for hydroxylation is 1. The van der Waals surface area contributed by atoms with Crippen molar-refractivity contribution >= 4 is 40.7 Å². The summed E-state index contributed by atoms with van der Waals surface area (Å²) in [7, 11) is 0. The zero-order chi connectivity index (χ0) is 18.9. The molecule has 0 aliphatic rings. The summed E-state index contributed by atoms with van der Waals surface area (Å²) >= 11 is 10.8. The van der Waals surface area contributed by atoms with E-state index < -0.39 is 5.91 Å². The second-order valence-electron chi connectivity index (χ2n) is 5.41. The Kier molecular flexibility index (Phi) is 7.37. The van der Waals surface area contributed by atoms with Crippen LogP contribution in [0.5, 0.6) is 5.75 Å². The maximum atomic E-state index is 11.9. The molecule has 0 saturated carbocycles. The Morgan fingerprint density at radius 3 is 2.42 bits per heavy atom. The van der Waals surface area contributed by atoms with E-state index in [9.17, 15) is 9.59 Å². The van der Waals surface area contributed by atoms with Gasteiger partial charge in [-0.1, -0.05) is 41.9 Å². The van der Waals surface area contributed by atoms with Gasteiger partial charge in [0.25, 0.3) is 5.91 Å². The van der Waals surface area contributed by atoms with Crippen molar-refractivity contribution in [2.75, 3.05) is 6.61 Å². The summed E-state index contributed by atoms with van der Waals surface area (Å²) in [6, 6.07) is 14.3. The monoisotopic (exact) mass is 391 g/mol. The Balaban J connectivity index is 1.69. The minimum atomic E-state index is -0.428. The number of amides is 2. The van der Waals surface area contributed by atoms with Crippen molar-refractivity contribution in [2.45, 2.75) is 13.3 Å². The van der Waals surface area contributed by atoms with Crippen molar-refractivity contribution in [2.24, 2.45) is 0 Å². The summed E-state index contributed by atoms with van der Waals surface area (Å²) in [6.07, 6.45) is 0.142. The minimum Gasteiger partial charge on any atom is -0.483 e. The Hall–Kier alpha value is -2.64. The number of carbonyl (C=O) groups is 2. The predicted molar refractivity (Wildman–Crippen MR) is 104 cm³/mol. The molecule has 0 bridgehead atoms. The van der Waals surface area contributed by atoms with Gasteiger partial charge in [-0.25, -0.2) is 0 Å². The SMILES string of the molecule is Cc1ccccc1OCC(=O)NNC(=S)NC(=O)Cc1ccc(Cl)cc1. The zero-order valence-electron chi connectivity index (χ0n) is 14.0. The number of ether oxygens (including phenoxy) is 1. The lowest BCUT2D eigenvalue weighted by atomic mass is 10.1. The molecule has 2 rings (SSSR count). The van der Waals surface area contributed by atoms with Crippen molar-refractivity contribution in [1.82, 2.24) is 16.2 Å². The van der Waals surface area contributed by atoms with Gasteiger partial charge in [0.1, 0.15) is 5.75 Å². The first-order valence-corrected chi connectivity index (χ1v) is 8.54. The third-order valence-corrected chi connectivity index (χ3v) is 3.75. The van der Waals surface area contributed by atoms with Gasteiger partial charge in [-0.2, -0.15) is 0 Å². The van der Waals surface area contributed by atoms with E-state index >= 15 is 0 Å². The molecule has 3 N–H and O–H groups in total. The molecule has 0 aliphatic carbocycles. The summed E-state index contributed by atoms with van der Waals surface area (Å²) < 4.78 is 5.41. The fourth-order valence-corrected chi connectivity index (χ4v) is 2.30. The maximum absolute atomic E-state index is 11.9. The Labute approximate surface area is 161 Å². The summed E-state index contributed by atoms with van der Waals surface area (Å²) in [5, 5.41) is 3.07. The van der Waals surface area contributed by atoms with Crippen LogP contribution in [0, 0.1) is 6.92 Å². The number of hydrogen-bond acceptors (Lipinski definition) is 4. The minimum absolute atomic E-state index is 0.00629. The first-order valence-electron chi connectivity index (χ1n) is 7.75. The van der Waals surface area contributed by atoms with E-state index in [0.29, 0.717) is 10.8 Å². The van der Waals surface area contributed by atoms with Gasteiger partial charge in [-0.15, -0.1) is 0 Å². The van der Waals surface area contributed by atoms with Crippen molar-refractivity contribution in [1.29, 1.82) is 0 Å². The molecule has 0 unspecified atom stereocenters. The van der Waals surface area contributed by atoms with Crippen LogP contribution in [-0.2, 0) is 16.0 Å². The first-order chi connectivity index (χ1) is 12.4. The number of hydrogen-bond donors (Lipinski definition) is 3. The molecule has 0 radical (unpaired) electrons. The van der Waals surface area contributed by atoms with Crippen LogP contribution in [0.3, 0.4) is 0 Å². The van der Waals surface area contributed by atoms with E-state index in [1.165, 1.54) is 0 Å². The summed E-state index contributed by atoms with van der Waals surface area (Å²) in [5.74, 6) is -0.112. The van der Waals surface area contributed by atoms with Gasteiger partial charge in [-0.3, -0.25) is 20.4 Å². The van der Waals surface area contributed by atoms with E-state index in [1.54, 1.807) is 30.3 Å². The topological polar surface area (TPSA) is 79.5 Å². The largest absolute Gasteiger partial charge is 0.483 e. The lowest BCUT2D eigenvalue weighted by Gasteiger charge is -2.12. The molecule has 0 fully saturated rings. The molecule has 0 heterocycles. The van der Waals surface area contributed by atoms with Crippen molar-refractivity contribution in [3.05, 3.63) is 64.7 Å². The molecule has 0 spiro atoms. The van der Waals surface area contributed by atoms with Crippen LogP contribution < -0.4 is 20.9 Å². The number of para-hydroxylation sites is 1. The highest BCUT2D eigenvalue weighted by molar-refractivity contribution is 7.80. The molecule has 26 heavy (non-hydrogen) atoms. The summed E-state index contributed by atoms with van der Waals surface area (Å²) in [6.45, 7) is 1.70. The summed E-state index contributed by atoms with van der Waals surface area (Å²) in [4.78, 5) is 23.6. The number of thiocarbonyl (C=S) groups is 1. The fraction of sp³-hybridized carbons (Fsp3) is 0.167. The Morgan fingerprint density at radius 1 is 1.04 bits per heavy atom. The van der Waals surface area contributed by atoms with Crippen LogP contribution in [0.4, 0.5) is 0 Å². The normalized spacial score (nSPS) is 9.92. The highest BCUT2D eigenvalue weighted by atomic mass is 35.5. The van der Waals surface area contributed by atoms with Gasteiger partial charge in [0.05, 0.1) is 6.42 Å². The lowest BCUT2D eigenvalue weighted by molar-refractivity contribution is -0.124. The second kappa shape index (κ2) is 9.74. The average Bonchev–Trinajstić information content (AvgIpc) is 2.61. The number of nitrogens with one attached hydrogen (secondary N) is 3. The van der Waals surface area contributed by atoms with Crippen LogP contribution in [0.25, 0.3) is 0 Å². The van der Waals surface area contributed by atoms with E-state index in [0.717, 1.165) is 11.1 Å². The van der Waals surface area contributed by atoms with E-state index in [-0.39, 0.29) is 24.0 Å². The number of hydrazine groups is 1. The smallest absolute Gasteiger partial charge is 0.276 e. The molecule has 0 aromatic heterocycles. The number of rotatable bonds is 5. The molecule has 0 atom stereocenters. The molecule has 2 aromatic rings. The lowest BCUT2D eigenvalue weighted by Crippen LogP contribution is -2.49. The van der Waals surface area contributed by atoms with Crippen LogP contribution in [0.2, 0.25) is 5.02 Å².